The van der Waals surface area contributed by atoms with Gasteiger partial charge in [-0.2, -0.15) is 0 Å². The van der Waals surface area contributed by atoms with Crippen molar-refractivity contribution >= 4 is 80.4 Å². The second-order valence-electron chi connectivity index (χ2n) is 8.47. The summed E-state index contributed by atoms with van der Waals surface area (Å²) >= 11 is 19.7. The maximum atomic E-state index is 13.0. The molecule has 0 atom stereocenters. The van der Waals surface area contributed by atoms with Crippen LogP contribution in [0.2, 0.25) is 10.0 Å². The topological polar surface area (TPSA) is 91.4 Å². The van der Waals surface area contributed by atoms with E-state index in [0.29, 0.717) is 43.4 Å². The van der Waals surface area contributed by atoms with Crippen LogP contribution in [0.25, 0.3) is 11.3 Å². The fourth-order valence-electron chi connectivity index (χ4n) is 3.90. The van der Waals surface area contributed by atoms with Gasteiger partial charge in [0.25, 0.3) is 17.7 Å². The summed E-state index contributed by atoms with van der Waals surface area (Å²) in [5.74, 6) is -1.53. The molecule has 3 aromatic carbocycles. The third-order valence-electron chi connectivity index (χ3n) is 5.98. The van der Waals surface area contributed by atoms with Crippen molar-refractivity contribution in [2.75, 3.05) is 15.5 Å². The molecule has 196 valence electrons. The number of hydrogen-bond acceptors (Lipinski definition) is 6. The van der Waals surface area contributed by atoms with Gasteiger partial charge in [-0.25, -0.2) is 9.88 Å². The molecule has 0 aliphatic carbocycles. The number of nitrogens with zero attached hydrogens (tertiary/aromatic N) is 2. The predicted octanol–water partition coefficient (Wildman–Crippen LogP) is 7.37. The van der Waals surface area contributed by atoms with E-state index < -0.39 is 11.8 Å². The highest BCUT2D eigenvalue weighted by molar-refractivity contribution is 7.14. The van der Waals surface area contributed by atoms with Gasteiger partial charge in [0.2, 0.25) is 0 Å². The number of rotatable bonds is 7. The molecule has 1 aromatic heterocycles. The van der Waals surface area contributed by atoms with E-state index in [0.717, 1.165) is 16.9 Å². The van der Waals surface area contributed by atoms with Crippen molar-refractivity contribution in [1.29, 1.82) is 0 Å². The number of thiazole rings is 1. The number of benzene rings is 3. The average molecular weight is 598 g/mol. The second kappa shape index (κ2) is 11.2. The molecular weight excluding hydrogens is 579 g/mol. The molecule has 0 bridgehead atoms. The molecule has 7 nitrogen and oxygen atoms in total. The Balaban J connectivity index is 1.25. The van der Waals surface area contributed by atoms with Gasteiger partial charge in [-0.15, -0.1) is 11.3 Å². The maximum Gasteiger partial charge on any atom is 0.283 e. The summed E-state index contributed by atoms with van der Waals surface area (Å²) in [5.41, 5.74) is 3.67. The van der Waals surface area contributed by atoms with Gasteiger partial charge in [0.15, 0.2) is 5.13 Å². The Morgan fingerprint density at radius 1 is 0.949 bits per heavy atom. The zero-order chi connectivity index (χ0) is 27.7. The Hall–Kier alpha value is -3.69. The molecule has 4 aromatic rings. The lowest BCUT2D eigenvalue weighted by molar-refractivity contribution is -0.120. The fourth-order valence-corrected chi connectivity index (χ4v) is 5.32. The molecule has 0 saturated carbocycles. The van der Waals surface area contributed by atoms with Gasteiger partial charge in [-0.05, 0) is 66.6 Å². The van der Waals surface area contributed by atoms with Gasteiger partial charge in [-0.1, -0.05) is 53.9 Å². The zero-order valence-corrected chi connectivity index (χ0v) is 23.4. The van der Waals surface area contributed by atoms with Crippen LogP contribution in [-0.4, -0.2) is 22.7 Å². The van der Waals surface area contributed by atoms with Crippen molar-refractivity contribution in [2.24, 2.45) is 0 Å². The minimum absolute atomic E-state index is 0.0328. The predicted molar refractivity (Wildman–Crippen MR) is 157 cm³/mol. The van der Waals surface area contributed by atoms with E-state index in [9.17, 15) is 14.4 Å². The monoisotopic (exact) mass is 596 g/mol. The lowest BCUT2D eigenvalue weighted by atomic mass is 10.1. The number of anilines is 3. The van der Waals surface area contributed by atoms with Crippen LogP contribution >= 0.6 is 46.1 Å². The highest BCUT2D eigenvalue weighted by Gasteiger charge is 2.38. The van der Waals surface area contributed by atoms with E-state index in [1.54, 1.807) is 60.0 Å². The summed E-state index contributed by atoms with van der Waals surface area (Å²) in [6.45, 7) is 2.02. The minimum atomic E-state index is -0.605. The van der Waals surface area contributed by atoms with Gasteiger partial charge in [0, 0.05) is 27.2 Å². The van der Waals surface area contributed by atoms with Crippen LogP contribution < -0.4 is 15.5 Å². The van der Waals surface area contributed by atoms with Gasteiger partial charge in [0.05, 0.1) is 16.4 Å². The first kappa shape index (κ1) is 26.9. The highest BCUT2D eigenvalue weighted by Crippen LogP contribution is 2.33. The van der Waals surface area contributed by atoms with Gasteiger partial charge < -0.3 is 5.32 Å². The van der Waals surface area contributed by atoms with Crippen molar-refractivity contribution in [3.05, 3.63) is 104 Å². The summed E-state index contributed by atoms with van der Waals surface area (Å²) in [4.78, 5) is 44.0. The molecule has 3 amide bonds. The number of carbonyl (C=O) groups excluding carboxylic acids is 3. The summed E-state index contributed by atoms with van der Waals surface area (Å²) in [6.07, 6.45) is 0.838. The largest absolute Gasteiger partial charge is 0.350 e. The Bertz CT molecular complexity index is 1630. The Labute approximate surface area is 243 Å². The smallest absolute Gasteiger partial charge is 0.283 e. The summed E-state index contributed by atoms with van der Waals surface area (Å²) < 4.78 is 0. The lowest BCUT2D eigenvalue weighted by Crippen LogP contribution is -2.32. The SMILES string of the molecule is CCc1ccc(N2C(=O)C(Cl)=C(Nc3ccc(C(=O)Nc4nc(-c5ccc(Cl)cc5Cl)cs4)cc3)C2=O)cc1. The summed E-state index contributed by atoms with van der Waals surface area (Å²) in [5, 5.41) is 8.65. The standard InChI is InChI=1S/C28H19Cl3N4O3S/c1-2-15-3-10-19(11-4-15)35-26(37)23(31)24(27(35)38)32-18-8-5-16(6-9-18)25(36)34-28-33-22(14-39-28)20-12-7-17(29)13-21(20)30/h3-14,32H,2H2,1H3,(H,33,34,36). The van der Waals surface area contributed by atoms with Crippen LogP contribution in [0.15, 0.2) is 82.8 Å². The van der Waals surface area contributed by atoms with E-state index in [2.05, 4.69) is 15.6 Å². The van der Waals surface area contributed by atoms with Crippen molar-refractivity contribution in [3.8, 4) is 11.3 Å². The Morgan fingerprint density at radius 2 is 1.67 bits per heavy atom. The quantitative estimate of drug-likeness (QED) is 0.217. The molecule has 0 saturated heterocycles. The second-order valence-corrected chi connectivity index (χ2v) is 10.6. The lowest BCUT2D eigenvalue weighted by Gasteiger charge is -2.15. The zero-order valence-electron chi connectivity index (χ0n) is 20.3. The third kappa shape index (κ3) is 5.55. The van der Waals surface area contributed by atoms with E-state index in [1.807, 2.05) is 19.1 Å². The molecule has 0 radical (unpaired) electrons. The van der Waals surface area contributed by atoms with Crippen LogP contribution in [-0.2, 0) is 16.0 Å². The van der Waals surface area contributed by atoms with Crippen molar-refractivity contribution in [3.63, 3.8) is 0 Å². The van der Waals surface area contributed by atoms with Crippen LogP contribution in [0, 0.1) is 0 Å². The molecule has 1 aliphatic rings. The van der Waals surface area contributed by atoms with Crippen LogP contribution in [0.4, 0.5) is 16.5 Å². The normalized spacial score (nSPS) is 13.3. The summed E-state index contributed by atoms with van der Waals surface area (Å²) in [6, 6.07) is 18.7. The Morgan fingerprint density at radius 3 is 2.33 bits per heavy atom. The molecule has 2 N–H and O–H groups in total. The van der Waals surface area contributed by atoms with Crippen molar-refractivity contribution in [2.45, 2.75) is 13.3 Å². The summed E-state index contributed by atoms with van der Waals surface area (Å²) in [7, 11) is 0. The number of halogens is 3. The van der Waals surface area contributed by atoms with Crippen molar-refractivity contribution < 1.29 is 14.4 Å². The van der Waals surface area contributed by atoms with E-state index in [-0.39, 0.29) is 16.6 Å². The number of nitrogens with one attached hydrogen (secondary N) is 2. The first-order chi connectivity index (χ1) is 18.7. The van der Waals surface area contributed by atoms with Crippen LogP contribution in [0.5, 0.6) is 0 Å². The van der Waals surface area contributed by atoms with Gasteiger partial charge in [-0.3, -0.25) is 19.7 Å². The number of hydrogen-bond donors (Lipinski definition) is 2. The van der Waals surface area contributed by atoms with Gasteiger partial charge in [0.1, 0.15) is 10.7 Å². The first-order valence-electron chi connectivity index (χ1n) is 11.7. The average Bonchev–Trinajstić information content (AvgIpc) is 3.47. The van der Waals surface area contributed by atoms with E-state index in [4.69, 9.17) is 34.8 Å². The number of carbonyl (C=O) groups is 3. The highest BCUT2D eigenvalue weighted by atomic mass is 35.5. The molecule has 0 fully saturated rings. The maximum absolute atomic E-state index is 13.0. The van der Waals surface area contributed by atoms with Crippen LogP contribution in [0.3, 0.4) is 0 Å². The molecule has 2 heterocycles. The molecule has 39 heavy (non-hydrogen) atoms. The molecule has 11 heteroatoms. The van der Waals surface area contributed by atoms with Crippen molar-refractivity contribution in [1.82, 2.24) is 4.98 Å². The molecule has 1 aliphatic heterocycles. The fraction of sp³-hybridized carbons (Fsp3) is 0.0714. The minimum Gasteiger partial charge on any atom is -0.350 e. The molecule has 0 spiro atoms. The number of aromatic nitrogens is 1. The van der Waals surface area contributed by atoms with Gasteiger partial charge >= 0.3 is 0 Å². The van der Waals surface area contributed by atoms with Crippen LogP contribution in [0.1, 0.15) is 22.8 Å². The first-order valence-corrected chi connectivity index (χ1v) is 13.7. The number of aryl methyl sites for hydroxylation is 1. The van der Waals surface area contributed by atoms with E-state index >= 15 is 0 Å². The third-order valence-corrected chi connectivity index (χ3v) is 7.63. The number of amides is 3. The van der Waals surface area contributed by atoms with E-state index in [1.165, 1.54) is 11.3 Å². The molecular formula is C28H19Cl3N4O3S. The number of imide groups is 1. The molecule has 0 unspecified atom stereocenters. The molecule has 5 rings (SSSR count). The Kier molecular flexibility index (Phi) is 7.72.